The van der Waals surface area contributed by atoms with Crippen LogP contribution in [0.4, 0.5) is 0 Å². The molecule has 0 rings (SSSR count). The summed E-state index contributed by atoms with van der Waals surface area (Å²) < 4.78 is 10.1. The maximum absolute atomic E-state index is 11.9. The summed E-state index contributed by atoms with van der Waals surface area (Å²) >= 11 is 0. The van der Waals surface area contributed by atoms with E-state index in [0.29, 0.717) is 12.8 Å². The fourth-order valence-electron chi connectivity index (χ4n) is 1.55. The van der Waals surface area contributed by atoms with E-state index in [1.165, 1.54) is 0 Å². The molecule has 0 spiro atoms. The summed E-state index contributed by atoms with van der Waals surface area (Å²) in [5.74, 6) is -0.964. The highest BCUT2D eigenvalue weighted by Crippen LogP contribution is 2.29. The van der Waals surface area contributed by atoms with Crippen LogP contribution in [-0.2, 0) is 19.1 Å². The zero-order chi connectivity index (χ0) is 14.4. The van der Waals surface area contributed by atoms with E-state index >= 15 is 0 Å². The summed E-state index contributed by atoms with van der Waals surface area (Å²) in [4.78, 5) is 23.4. The third-order valence-corrected chi connectivity index (χ3v) is 2.80. The Morgan fingerprint density at radius 1 is 1.17 bits per heavy atom. The smallest absolute Gasteiger partial charge is 0.344 e. The van der Waals surface area contributed by atoms with Gasteiger partial charge in [0.15, 0.2) is 6.61 Å². The van der Waals surface area contributed by atoms with E-state index in [9.17, 15) is 9.59 Å². The van der Waals surface area contributed by atoms with E-state index in [-0.39, 0.29) is 6.61 Å². The molecule has 0 aliphatic rings. The second-order valence-corrected chi connectivity index (χ2v) is 5.23. The van der Waals surface area contributed by atoms with Crippen LogP contribution in [0.3, 0.4) is 0 Å². The molecule has 0 fully saturated rings. The van der Waals surface area contributed by atoms with Crippen molar-refractivity contribution in [2.45, 2.75) is 53.1 Å². The fraction of sp³-hybridized carbons (Fsp3) is 0.714. The lowest BCUT2D eigenvalue weighted by molar-refractivity contribution is -0.170. The summed E-state index contributed by atoms with van der Waals surface area (Å²) in [5.41, 5.74) is -1.28. The van der Waals surface area contributed by atoms with E-state index in [4.69, 9.17) is 9.47 Å². The molecule has 4 heteroatoms. The van der Waals surface area contributed by atoms with Crippen molar-refractivity contribution in [3.8, 4) is 0 Å². The van der Waals surface area contributed by atoms with Crippen LogP contribution in [-0.4, -0.2) is 24.1 Å². The minimum absolute atomic E-state index is 0.355. The Morgan fingerprint density at radius 3 is 2.00 bits per heavy atom. The topological polar surface area (TPSA) is 52.6 Å². The van der Waals surface area contributed by atoms with Gasteiger partial charge in [0.25, 0.3) is 0 Å². The van der Waals surface area contributed by atoms with Crippen molar-refractivity contribution in [3.63, 3.8) is 0 Å². The maximum Gasteiger partial charge on any atom is 0.344 e. The first-order chi connectivity index (χ1) is 8.20. The number of rotatable bonds is 6. The third kappa shape index (κ3) is 4.90. The first-order valence-corrected chi connectivity index (χ1v) is 6.23. The minimum Gasteiger partial charge on any atom is -0.457 e. The van der Waals surface area contributed by atoms with Crippen molar-refractivity contribution >= 4 is 11.9 Å². The van der Waals surface area contributed by atoms with Gasteiger partial charge in [-0.25, -0.2) is 4.79 Å². The number of ether oxygens (including phenoxy) is 2. The monoisotopic (exact) mass is 256 g/mol. The van der Waals surface area contributed by atoms with Crippen LogP contribution in [0.2, 0.25) is 0 Å². The van der Waals surface area contributed by atoms with Gasteiger partial charge in [0.1, 0.15) is 5.60 Å². The molecule has 0 unspecified atom stereocenters. The number of hydrogen-bond acceptors (Lipinski definition) is 4. The van der Waals surface area contributed by atoms with E-state index in [1.54, 1.807) is 26.8 Å². The lowest BCUT2D eigenvalue weighted by Crippen LogP contribution is -2.33. The fourth-order valence-corrected chi connectivity index (χ4v) is 1.55. The largest absolute Gasteiger partial charge is 0.457 e. The van der Waals surface area contributed by atoms with E-state index < -0.39 is 23.0 Å². The van der Waals surface area contributed by atoms with Crippen LogP contribution in [0, 0.1) is 5.41 Å². The Kier molecular flexibility index (Phi) is 6.09. The molecule has 0 saturated carbocycles. The Bertz CT molecular complexity index is 308. The van der Waals surface area contributed by atoms with Gasteiger partial charge in [-0.15, -0.1) is 6.58 Å². The van der Waals surface area contributed by atoms with E-state index in [1.807, 2.05) is 13.8 Å². The van der Waals surface area contributed by atoms with E-state index in [0.717, 1.165) is 0 Å². The van der Waals surface area contributed by atoms with Crippen LogP contribution in [0.15, 0.2) is 12.7 Å². The zero-order valence-electron chi connectivity index (χ0n) is 12.0. The molecule has 0 N–H and O–H groups in total. The molecule has 0 heterocycles. The van der Waals surface area contributed by atoms with Gasteiger partial charge in [0.05, 0.1) is 5.41 Å². The molecule has 0 bridgehead atoms. The first kappa shape index (κ1) is 16.7. The van der Waals surface area contributed by atoms with Gasteiger partial charge in [-0.3, -0.25) is 4.79 Å². The zero-order valence-corrected chi connectivity index (χ0v) is 12.0. The molecular formula is C14H24O4. The molecular weight excluding hydrogens is 232 g/mol. The minimum atomic E-state index is -0.706. The molecule has 0 radical (unpaired) electrons. The number of hydrogen-bond donors (Lipinski definition) is 0. The average molecular weight is 256 g/mol. The quantitative estimate of drug-likeness (QED) is 0.541. The molecule has 0 aliphatic heterocycles. The molecule has 0 aromatic heterocycles. The van der Waals surface area contributed by atoms with Gasteiger partial charge in [-0.2, -0.15) is 0 Å². The molecule has 104 valence electrons. The van der Waals surface area contributed by atoms with Crippen LogP contribution in [0.5, 0.6) is 0 Å². The number of carbonyl (C=O) groups is 2. The Labute approximate surface area is 109 Å². The number of carbonyl (C=O) groups excluding carboxylic acids is 2. The molecule has 4 nitrogen and oxygen atoms in total. The van der Waals surface area contributed by atoms with Gasteiger partial charge < -0.3 is 9.47 Å². The molecule has 18 heavy (non-hydrogen) atoms. The van der Waals surface area contributed by atoms with Gasteiger partial charge in [-0.05, 0) is 33.6 Å². The predicted octanol–water partition coefficient (Wildman–Crippen LogP) is 2.86. The second-order valence-electron chi connectivity index (χ2n) is 5.23. The third-order valence-electron chi connectivity index (χ3n) is 2.80. The average Bonchev–Trinajstić information content (AvgIpc) is 2.27. The second kappa shape index (κ2) is 6.57. The molecule has 0 saturated heterocycles. The summed E-state index contributed by atoms with van der Waals surface area (Å²) in [6, 6.07) is 0. The predicted molar refractivity (Wildman–Crippen MR) is 70.0 cm³/mol. The molecule has 0 aliphatic carbocycles. The lowest BCUT2D eigenvalue weighted by atomic mass is 9.83. The van der Waals surface area contributed by atoms with Crippen LogP contribution in [0.1, 0.15) is 47.5 Å². The summed E-state index contributed by atoms with van der Waals surface area (Å²) in [7, 11) is 0. The summed E-state index contributed by atoms with van der Waals surface area (Å²) in [5, 5.41) is 0. The normalized spacial score (nSPS) is 11.8. The molecule has 0 amide bonds. The Hall–Kier alpha value is -1.32. The van der Waals surface area contributed by atoms with Crippen molar-refractivity contribution in [2.24, 2.45) is 5.41 Å². The van der Waals surface area contributed by atoms with Crippen molar-refractivity contribution < 1.29 is 19.1 Å². The first-order valence-electron chi connectivity index (χ1n) is 6.23. The molecule has 0 aromatic carbocycles. The highest BCUT2D eigenvalue weighted by atomic mass is 16.6. The standard InChI is InChI=1S/C14H24O4/c1-7-14(8-2,9-3)12(16)17-10-11(15)18-13(4,5)6/h7H,1,8-10H2,2-6H3. The highest BCUT2D eigenvalue weighted by molar-refractivity contribution is 5.82. The van der Waals surface area contributed by atoms with Crippen molar-refractivity contribution in [1.29, 1.82) is 0 Å². The lowest BCUT2D eigenvalue weighted by Gasteiger charge is -2.25. The maximum atomic E-state index is 11.9. The van der Waals surface area contributed by atoms with Crippen LogP contribution >= 0.6 is 0 Å². The Morgan fingerprint density at radius 2 is 1.67 bits per heavy atom. The Balaban J connectivity index is 4.42. The van der Waals surface area contributed by atoms with Crippen molar-refractivity contribution in [2.75, 3.05) is 6.61 Å². The highest BCUT2D eigenvalue weighted by Gasteiger charge is 2.33. The summed E-state index contributed by atoms with van der Waals surface area (Å²) in [6.45, 7) is 12.4. The number of esters is 2. The van der Waals surface area contributed by atoms with Crippen LogP contribution < -0.4 is 0 Å². The van der Waals surface area contributed by atoms with Crippen LogP contribution in [0.25, 0.3) is 0 Å². The van der Waals surface area contributed by atoms with Crippen molar-refractivity contribution in [3.05, 3.63) is 12.7 Å². The van der Waals surface area contributed by atoms with Gasteiger partial charge in [0.2, 0.25) is 0 Å². The summed E-state index contributed by atoms with van der Waals surface area (Å²) in [6.07, 6.45) is 2.78. The van der Waals surface area contributed by atoms with E-state index in [2.05, 4.69) is 6.58 Å². The van der Waals surface area contributed by atoms with Gasteiger partial charge >= 0.3 is 11.9 Å². The van der Waals surface area contributed by atoms with Gasteiger partial charge in [0, 0.05) is 0 Å². The molecule has 0 aromatic rings. The van der Waals surface area contributed by atoms with Crippen molar-refractivity contribution in [1.82, 2.24) is 0 Å². The van der Waals surface area contributed by atoms with Gasteiger partial charge in [-0.1, -0.05) is 19.9 Å². The SMILES string of the molecule is C=CC(CC)(CC)C(=O)OCC(=O)OC(C)(C)C. The molecule has 0 atom stereocenters.